The van der Waals surface area contributed by atoms with Crippen LogP contribution in [0.25, 0.3) is 0 Å². The highest BCUT2D eigenvalue weighted by Gasteiger charge is 2.05. The molecule has 0 unspecified atom stereocenters. The zero-order valence-electron chi connectivity index (χ0n) is 12.1. The van der Waals surface area contributed by atoms with Crippen LogP contribution in [0.3, 0.4) is 0 Å². The molecule has 0 atom stereocenters. The average Bonchev–Trinajstić information content (AvgIpc) is 2.44. The lowest BCUT2D eigenvalue weighted by molar-refractivity contribution is 0.241. The first-order chi connectivity index (χ1) is 9.21. The SMILES string of the molecule is CCCNC(=O)NCCc1cc(CC)ccc1OC. The van der Waals surface area contributed by atoms with Gasteiger partial charge in [-0.05, 0) is 36.5 Å². The fraction of sp³-hybridized carbons (Fsp3) is 0.533. The maximum Gasteiger partial charge on any atom is 0.314 e. The fourth-order valence-electron chi connectivity index (χ4n) is 1.86. The lowest BCUT2D eigenvalue weighted by Gasteiger charge is -2.11. The van der Waals surface area contributed by atoms with Crippen LogP contribution in [0.15, 0.2) is 18.2 Å². The summed E-state index contributed by atoms with van der Waals surface area (Å²) in [5, 5.41) is 5.64. The maximum absolute atomic E-state index is 11.4. The summed E-state index contributed by atoms with van der Waals surface area (Å²) >= 11 is 0. The number of urea groups is 1. The van der Waals surface area contributed by atoms with Crippen LogP contribution in [-0.2, 0) is 12.8 Å². The summed E-state index contributed by atoms with van der Waals surface area (Å²) in [4.78, 5) is 11.4. The second-order valence-corrected chi connectivity index (χ2v) is 4.43. The summed E-state index contributed by atoms with van der Waals surface area (Å²) < 4.78 is 5.34. The molecule has 2 N–H and O–H groups in total. The van der Waals surface area contributed by atoms with Gasteiger partial charge in [-0.15, -0.1) is 0 Å². The number of aryl methyl sites for hydroxylation is 1. The second-order valence-electron chi connectivity index (χ2n) is 4.43. The molecule has 0 radical (unpaired) electrons. The molecular formula is C15H24N2O2. The van der Waals surface area contributed by atoms with Gasteiger partial charge in [0.25, 0.3) is 0 Å². The van der Waals surface area contributed by atoms with E-state index in [9.17, 15) is 4.79 Å². The third kappa shape index (κ3) is 5.20. The average molecular weight is 264 g/mol. The first kappa shape index (κ1) is 15.3. The van der Waals surface area contributed by atoms with Gasteiger partial charge in [0.2, 0.25) is 0 Å². The Kier molecular flexibility index (Phi) is 6.79. The van der Waals surface area contributed by atoms with E-state index in [1.807, 2.05) is 13.0 Å². The van der Waals surface area contributed by atoms with Gasteiger partial charge in [-0.25, -0.2) is 4.79 Å². The van der Waals surface area contributed by atoms with Gasteiger partial charge < -0.3 is 15.4 Å². The number of hydrogen-bond acceptors (Lipinski definition) is 2. The molecule has 0 saturated heterocycles. The molecule has 0 aliphatic carbocycles. The minimum Gasteiger partial charge on any atom is -0.496 e. The largest absolute Gasteiger partial charge is 0.496 e. The second kappa shape index (κ2) is 8.40. The van der Waals surface area contributed by atoms with Crippen molar-refractivity contribution in [2.75, 3.05) is 20.2 Å². The molecule has 0 saturated carbocycles. The van der Waals surface area contributed by atoms with E-state index in [0.717, 1.165) is 30.6 Å². The maximum atomic E-state index is 11.4. The summed E-state index contributed by atoms with van der Waals surface area (Å²) in [6, 6.07) is 6.10. The third-order valence-corrected chi connectivity index (χ3v) is 2.97. The lowest BCUT2D eigenvalue weighted by atomic mass is 10.1. The summed E-state index contributed by atoms with van der Waals surface area (Å²) in [6.07, 6.45) is 2.72. The normalized spacial score (nSPS) is 10.1. The first-order valence-corrected chi connectivity index (χ1v) is 6.88. The minimum absolute atomic E-state index is 0.104. The molecule has 1 rings (SSSR count). The fourth-order valence-corrected chi connectivity index (χ4v) is 1.86. The number of amides is 2. The number of carbonyl (C=O) groups excluding carboxylic acids is 1. The molecule has 1 aromatic rings. The first-order valence-electron chi connectivity index (χ1n) is 6.88. The van der Waals surface area contributed by atoms with Crippen molar-refractivity contribution in [3.8, 4) is 5.75 Å². The van der Waals surface area contributed by atoms with Crippen LogP contribution in [0.2, 0.25) is 0 Å². The van der Waals surface area contributed by atoms with Crippen molar-refractivity contribution < 1.29 is 9.53 Å². The lowest BCUT2D eigenvalue weighted by Crippen LogP contribution is -2.36. The number of rotatable bonds is 7. The van der Waals surface area contributed by atoms with Crippen molar-refractivity contribution >= 4 is 6.03 Å². The molecule has 106 valence electrons. The van der Waals surface area contributed by atoms with Gasteiger partial charge in [0.1, 0.15) is 5.75 Å². The predicted octanol–water partition coefficient (Wildman–Crippen LogP) is 2.51. The van der Waals surface area contributed by atoms with Crippen molar-refractivity contribution in [3.05, 3.63) is 29.3 Å². The van der Waals surface area contributed by atoms with Crippen molar-refractivity contribution in [2.24, 2.45) is 0 Å². The highest BCUT2D eigenvalue weighted by molar-refractivity contribution is 5.73. The van der Waals surface area contributed by atoms with E-state index in [1.54, 1.807) is 7.11 Å². The Labute approximate surface area is 115 Å². The number of methoxy groups -OCH3 is 1. The zero-order chi connectivity index (χ0) is 14.1. The molecule has 0 aromatic heterocycles. The molecule has 19 heavy (non-hydrogen) atoms. The van der Waals surface area contributed by atoms with Crippen LogP contribution >= 0.6 is 0 Å². The molecule has 0 heterocycles. The smallest absolute Gasteiger partial charge is 0.314 e. The van der Waals surface area contributed by atoms with Gasteiger partial charge in [0, 0.05) is 13.1 Å². The van der Waals surface area contributed by atoms with Gasteiger partial charge >= 0.3 is 6.03 Å². The van der Waals surface area contributed by atoms with Crippen LogP contribution in [0.4, 0.5) is 4.79 Å². The molecule has 2 amide bonds. The Morgan fingerprint density at radius 1 is 1.21 bits per heavy atom. The molecule has 0 bridgehead atoms. The van der Waals surface area contributed by atoms with E-state index >= 15 is 0 Å². The van der Waals surface area contributed by atoms with Crippen molar-refractivity contribution in [3.63, 3.8) is 0 Å². The highest BCUT2D eigenvalue weighted by Crippen LogP contribution is 2.20. The van der Waals surface area contributed by atoms with Gasteiger partial charge in [-0.3, -0.25) is 0 Å². The van der Waals surface area contributed by atoms with Crippen molar-refractivity contribution in [1.82, 2.24) is 10.6 Å². The highest BCUT2D eigenvalue weighted by atomic mass is 16.5. The van der Waals surface area contributed by atoms with Gasteiger partial charge in [-0.2, -0.15) is 0 Å². The van der Waals surface area contributed by atoms with Crippen LogP contribution in [0.5, 0.6) is 5.75 Å². The zero-order valence-corrected chi connectivity index (χ0v) is 12.1. The van der Waals surface area contributed by atoms with E-state index in [2.05, 4.69) is 29.7 Å². The van der Waals surface area contributed by atoms with E-state index in [1.165, 1.54) is 5.56 Å². The molecule has 4 nitrogen and oxygen atoms in total. The van der Waals surface area contributed by atoms with Crippen LogP contribution in [0.1, 0.15) is 31.4 Å². The Hall–Kier alpha value is -1.71. The monoisotopic (exact) mass is 264 g/mol. The number of benzene rings is 1. The Balaban J connectivity index is 2.49. The molecule has 0 aliphatic rings. The quantitative estimate of drug-likeness (QED) is 0.795. The summed E-state index contributed by atoms with van der Waals surface area (Å²) in [6.45, 7) is 5.48. The van der Waals surface area contributed by atoms with Crippen molar-refractivity contribution in [2.45, 2.75) is 33.1 Å². The summed E-state index contributed by atoms with van der Waals surface area (Å²) in [7, 11) is 1.67. The Bertz CT molecular complexity index is 405. The number of hydrogen-bond donors (Lipinski definition) is 2. The van der Waals surface area contributed by atoms with E-state index < -0.39 is 0 Å². The predicted molar refractivity (Wildman–Crippen MR) is 77.8 cm³/mol. The molecular weight excluding hydrogens is 240 g/mol. The Morgan fingerprint density at radius 2 is 1.95 bits per heavy atom. The Morgan fingerprint density at radius 3 is 2.58 bits per heavy atom. The standard InChI is InChI=1S/C15H24N2O2/c1-4-9-16-15(18)17-10-8-13-11-12(5-2)6-7-14(13)19-3/h6-7,11H,4-5,8-10H2,1-3H3,(H2,16,17,18). The van der Waals surface area contributed by atoms with E-state index in [0.29, 0.717) is 13.1 Å². The molecule has 0 fully saturated rings. The van der Waals surface area contributed by atoms with Crippen LogP contribution < -0.4 is 15.4 Å². The van der Waals surface area contributed by atoms with Crippen LogP contribution in [-0.4, -0.2) is 26.2 Å². The van der Waals surface area contributed by atoms with E-state index in [-0.39, 0.29) is 6.03 Å². The molecule has 4 heteroatoms. The van der Waals surface area contributed by atoms with Crippen LogP contribution in [0, 0.1) is 0 Å². The summed E-state index contributed by atoms with van der Waals surface area (Å²) in [5.74, 6) is 0.882. The van der Waals surface area contributed by atoms with E-state index in [4.69, 9.17) is 4.74 Å². The molecule has 1 aromatic carbocycles. The van der Waals surface area contributed by atoms with Crippen molar-refractivity contribution in [1.29, 1.82) is 0 Å². The van der Waals surface area contributed by atoms with Gasteiger partial charge in [-0.1, -0.05) is 26.0 Å². The number of carbonyl (C=O) groups is 1. The topological polar surface area (TPSA) is 50.4 Å². The third-order valence-electron chi connectivity index (χ3n) is 2.97. The molecule has 0 aliphatic heterocycles. The number of nitrogens with one attached hydrogen (secondary N) is 2. The minimum atomic E-state index is -0.104. The number of ether oxygens (including phenoxy) is 1. The summed E-state index contributed by atoms with van der Waals surface area (Å²) in [5.41, 5.74) is 2.42. The van der Waals surface area contributed by atoms with Gasteiger partial charge in [0.15, 0.2) is 0 Å². The van der Waals surface area contributed by atoms with Gasteiger partial charge in [0.05, 0.1) is 7.11 Å². The molecule has 0 spiro atoms.